The van der Waals surface area contributed by atoms with Gasteiger partial charge >= 0.3 is 0 Å². The molecule has 0 saturated carbocycles. The summed E-state index contributed by atoms with van der Waals surface area (Å²) in [5.41, 5.74) is 2.14. The first-order valence-corrected chi connectivity index (χ1v) is 11.0. The lowest BCUT2D eigenvalue weighted by Crippen LogP contribution is -2.47. The van der Waals surface area contributed by atoms with Crippen molar-refractivity contribution < 1.29 is 4.79 Å². The molecule has 2 fully saturated rings. The number of fused-ring (bicyclic) bond motifs is 1. The SMILES string of the molecule is O=C([C@H]1CCCN(c2ccc3nncn3n2)C1)N1CCC(Cc2ccccc2)CC1. The summed E-state index contributed by atoms with van der Waals surface area (Å²) in [7, 11) is 0. The van der Waals surface area contributed by atoms with Crippen molar-refractivity contribution in [3.05, 3.63) is 54.4 Å². The molecule has 30 heavy (non-hydrogen) atoms. The molecule has 1 amide bonds. The van der Waals surface area contributed by atoms with E-state index in [1.54, 1.807) is 10.8 Å². The molecular weight excluding hydrogens is 376 g/mol. The molecule has 2 aliphatic heterocycles. The molecule has 1 aromatic carbocycles. The minimum absolute atomic E-state index is 0.0582. The minimum atomic E-state index is 0.0582. The summed E-state index contributed by atoms with van der Waals surface area (Å²) in [5.74, 6) is 1.95. The van der Waals surface area contributed by atoms with Gasteiger partial charge in [0, 0.05) is 26.2 Å². The third-order valence-electron chi connectivity index (χ3n) is 6.54. The van der Waals surface area contributed by atoms with Gasteiger partial charge in [-0.2, -0.15) is 4.52 Å². The smallest absolute Gasteiger partial charge is 0.227 e. The number of rotatable bonds is 4. The lowest BCUT2D eigenvalue weighted by molar-refractivity contribution is -0.137. The number of amides is 1. The Morgan fingerprint density at radius 1 is 1.00 bits per heavy atom. The molecule has 0 N–H and O–H groups in total. The Morgan fingerprint density at radius 2 is 1.83 bits per heavy atom. The van der Waals surface area contributed by atoms with E-state index < -0.39 is 0 Å². The maximum Gasteiger partial charge on any atom is 0.227 e. The maximum absolute atomic E-state index is 13.2. The van der Waals surface area contributed by atoms with Crippen LogP contribution in [-0.4, -0.2) is 56.8 Å². The van der Waals surface area contributed by atoms with Crippen LogP contribution < -0.4 is 4.90 Å². The van der Waals surface area contributed by atoms with Gasteiger partial charge in [0.2, 0.25) is 5.91 Å². The number of hydrogen-bond acceptors (Lipinski definition) is 5. The van der Waals surface area contributed by atoms with E-state index >= 15 is 0 Å². The van der Waals surface area contributed by atoms with Gasteiger partial charge in [0.25, 0.3) is 0 Å². The van der Waals surface area contributed by atoms with Crippen LogP contribution in [0.15, 0.2) is 48.8 Å². The summed E-state index contributed by atoms with van der Waals surface area (Å²) in [5, 5.41) is 12.5. The molecule has 4 heterocycles. The van der Waals surface area contributed by atoms with Crippen LogP contribution >= 0.6 is 0 Å². The molecule has 0 spiro atoms. The lowest BCUT2D eigenvalue weighted by Gasteiger charge is -2.38. The second kappa shape index (κ2) is 8.42. The Balaban J connectivity index is 1.18. The molecule has 3 aromatic rings. The number of benzene rings is 1. The van der Waals surface area contributed by atoms with Crippen molar-refractivity contribution in [2.75, 3.05) is 31.1 Å². The summed E-state index contributed by atoms with van der Waals surface area (Å²) in [6.07, 6.45) is 6.92. The highest BCUT2D eigenvalue weighted by molar-refractivity contribution is 5.79. The second-order valence-electron chi connectivity index (χ2n) is 8.57. The topological polar surface area (TPSA) is 66.6 Å². The van der Waals surface area contributed by atoms with Crippen LogP contribution in [0.3, 0.4) is 0 Å². The predicted octanol–water partition coefficient (Wildman–Crippen LogP) is 2.82. The summed E-state index contributed by atoms with van der Waals surface area (Å²) in [6, 6.07) is 14.6. The fourth-order valence-electron chi connectivity index (χ4n) is 4.84. The van der Waals surface area contributed by atoms with Crippen LogP contribution in [0.25, 0.3) is 5.65 Å². The Kier molecular flexibility index (Phi) is 5.34. The van der Waals surface area contributed by atoms with Crippen LogP contribution in [0.2, 0.25) is 0 Å². The van der Waals surface area contributed by atoms with E-state index in [1.807, 2.05) is 12.1 Å². The van der Waals surface area contributed by atoms with Gasteiger partial charge in [-0.05, 0) is 55.7 Å². The molecular formula is C23H28N6O. The van der Waals surface area contributed by atoms with E-state index in [4.69, 9.17) is 0 Å². The fraction of sp³-hybridized carbons (Fsp3) is 0.478. The first-order chi connectivity index (χ1) is 14.8. The Labute approximate surface area is 176 Å². The van der Waals surface area contributed by atoms with E-state index in [1.165, 1.54) is 5.56 Å². The first-order valence-electron chi connectivity index (χ1n) is 11.0. The number of carbonyl (C=O) groups is 1. The molecule has 7 heteroatoms. The van der Waals surface area contributed by atoms with Crippen molar-refractivity contribution in [1.29, 1.82) is 0 Å². The van der Waals surface area contributed by atoms with Gasteiger partial charge in [-0.15, -0.1) is 15.3 Å². The van der Waals surface area contributed by atoms with Crippen molar-refractivity contribution in [2.24, 2.45) is 11.8 Å². The normalized spacial score (nSPS) is 20.6. The zero-order valence-corrected chi connectivity index (χ0v) is 17.2. The van der Waals surface area contributed by atoms with Crippen LogP contribution in [0, 0.1) is 11.8 Å². The van der Waals surface area contributed by atoms with Crippen LogP contribution in [0.4, 0.5) is 5.82 Å². The lowest BCUT2D eigenvalue weighted by atomic mass is 9.89. The molecule has 0 aliphatic carbocycles. The van der Waals surface area contributed by atoms with E-state index in [0.29, 0.717) is 11.8 Å². The monoisotopic (exact) mass is 404 g/mol. The van der Waals surface area contributed by atoms with Crippen molar-refractivity contribution in [3.63, 3.8) is 0 Å². The largest absolute Gasteiger partial charge is 0.354 e. The van der Waals surface area contributed by atoms with Crippen molar-refractivity contribution in [1.82, 2.24) is 24.7 Å². The molecule has 0 unspecified atom stereocenters. The van der Waals surface area contributed by atoms with Crippen LogP contribution in [-0.2, 0) is 11.2 Å². The summed E-state index contributed by atoms with van der Waals surface area (Å²) in [4.78, 5) is 17.6. The molecule has 2 aliphatic rings. The molecule has 7 nitrogen and oxygen atoms in total. The number of nitrogens with zero attached hydrogens (tertiary/aromatic N) is 6. The molecule has 1 atom stereocenters. The summed E-state index contributed by atoms with van der Waals surface area (Å²) >= 11 is 0. The van der Waals surface area contributed by atoms with E-state index in [2.05, 4.69) is 55.4 Å². The molecule has 156 valence electrons. The van der Waals surface area contributed by atoms with Crippen molar-refractivity contribution >= 4 is 17.4 Å². The van der Waals surface area contributed by atoms with Crippen molar-refractivity contribution in [2.45, 2.75) is 32.1 Å². The highest BCUT2D eigenvalue weighted by Gasteiger charge is 2.32. The minimum Gasteiger partial charge on any atom is -0.354 e. The van der Waals surface area contributed by atoms with Gasteiger partial charge in [0.15, 0.2) is 5.65 Å². The second-order valence-corrected chi connectivity index (χ2v) is 8.57. The van der Waals surface area contributed by atoms with Crippen LogP contribution in [0.5, 0.6) is 0 Å². The zero-order valence-electron chi connectivity index (χ0n) is 17.2. The highest BCUT2D eigenvalue weighted by Crippen LogP contribution is 2.27. The van der Waals surface area contributed by atoms with Gasteiger partial charge in [0.1, 0.15) is 12.1 Å². The zero-order chi connectivity index (χ0) is 20.3. The molecule has 0 radical (unpaired) electrons. The number of carbonyl (C=O) groups excluding carboxylic acids is 1. The third kappa shape index (κ3) is 4.01. The van der Waals surface area contributed by atoms with Crippen molar-refractivity contribution in [3.8, 4) is 0 Å². The standard InChI is InChI=1S/C23H28N6O/c30-23(27-13-10-19(11-14-27)15-18-5-2-1-3-6-18)20-7-4-12-28(16-20)22-9-8-21-25-24-17-29(21)26-22/h1-3,5-6,8-9,17,19-20H,4,7,10-16H2/t20-/m0/s1. The van der Waals surface area contributed by atoms with Crippen LogP contribution in [0.1, 0.15) is 31.2 Å². The number of likely N-dealkylation sites (tertiary alicyclic amines) is 1. The summed E-state index contributed by atoms with van der Waals surface area (Å²) < 4.78 is 1.69. The maximum atomic E-state index is 13.2. The van der Waals surface area contributed by atoms with Gasteiger partial charge < -0.3 is 9.80 Å². The van der Waals surface area contributed by atoms with Gasteiger partial charge in [-0.3, -0.25) is 4.79 Å². The number of hydrogen-bond donors (Lipinski definition) is 0. The fourth-order valence-corrected chi connectivity index (χ4v) is 4.84. The van der Waals surface area contributed by atoms with Gasteiger partial charge in [0.05, 0.1) is 5.92 Å². The number of piperidine rings is 2. The average molecular weight is 405 g/mol. The van der Waals surface area contributed by atoms with Gasteiger partial charge in [-0.1, -0.05) is 30.3 Å². The van der Waals surface area contributed by atoms with E-state index in [-0.39, 0.29) is 5.92 Å². The Morgan fingerprint density at radius 3 is 2.67 bits per heavy atom. The third-order valence-corrected chi connectivity index (χ3v) is 6.54. The van der Waals surface area contributed by atoms with Gasteiger partial charge in [-0.25, -0.2) is 0 Å². The number of anilines is 1. The summed E-state index contributed by atoms with van der Waals surface area (Å²) in [6.45, 7) is 3.45. The quantitative estimate of drug-likeness (QED) is 0.669. The Bertz CT molecular complexity index is 995. The Hall–Kier alpha value is -2.96. The number of aromatic nitrogens is 4. The average Bonchev–Trinajstić information content (AvgIpc) is 3.28. The predicted molar refractivity (Wildman–Crippen MR) is 115 cm³/mol. The molecule has 5 rings (SSSR count). The molecule has 2 aromatic heterocycles. The van der Waals surface area contributed by atoms with E-state index in [9.17, 15) is 4.79 Å². The molecule has 0 bridgehead atoms. The highest BCUT2D eigenvalue weighted by atomic mass is 16.2. The first kappa shape index (κ1) is 19.0. The van der Waals surface area contributed by atoms with E-state index in [0.717, 1.165) is 69.7 Å². The molecule has 2 saturated heterocycles.